The number of benzene rings is 2. The molecule has 0 aliphatic rings. The molecule has 1 heterocycles. The maximum Gasteiger partial charge on any atom is 0.346 e. The van der Waals surface area contributed by atoms with Gasteiger partial charge >= 0.3 is 5.97 Å². The van der Waals surface area contributed by atoms with Crippen molar-refractivity contribution in [2.75, 3.05) is 7.11 Å². The molecule has 3 rings (SSSR count). The van der Waals surface area contributed by atoms with Crippen LogP contribution in [0.1, 0.15) is 10.4 Å². The van der Waals surface area contributed by atoms with Crippen LogP contribution in [0.25, 0.3) is 21.2 Å². The van der Waals surface area contributed by atoms with Crippen LogP contribution in [0.15, 0.2) is 53.3 Å². The summed E-state index contributed by atoms with van der Waals surface area (Å²) in [5.41, 5.74) is 1.64. The van der Waals surface area contributed by atoms with Crippen LogP contribution in [0.2, 0.25) is 0 Å². The smallest absolute Gasteiger partial charge is 0.346 e. The summed E-state index contributed by atoms with van der Waals surface area (Å²) in [6.45, 7) is 0. The third-order valence-electron chi connectivity index (χ3n) is 3.38. The topological polar surface area (TPSA) is 63.6 Å². The first-order valence-corrected chi connectivity index (χ1v) is 7.37. The molecule has 2 aromatic carbocycles. The van der Waals surface area contributed by atoms with Crippen LogP contribution in [0.4, 0.5) is 0 Å². The highest BCUT2D eigenvalue weighted by atomic mass is 32.1. The molecule has 1 aromatic heterocycles. The summed E-state index contributed by atoms with van der Waals surface area (Å²) in [4.78, 5) is 23.7. The van der Waals surface area contributed by atoms with E-state index in [1.165, 1.54) is 7.11 Å². The molecule has 110 valence electrons. The third-order valence-corrected chi connectivity index (χ3v) is 4.32. The molecule has 0 fully saturated rings. The molecule has 0 aliphatic carbocycles. The lowest BCUT2D eigenvalue weighted by molar-refractivity contribution is 0.0597. The van der Waals surface area contributed by atoms with E-state index in [-0.39, 0.29) is 11.3 Å². The van der Waals surface area contributed by atoms with Gasteiger partial charge in [0.2, 0.25) is 0 Å². The summed E-state index contributed by atoms with van der Waals surface area (Å²) in [6, 6.07) is 15.1. The number of rotatable bonds is 2. The monoisotopic (exact) mass is 312 g/mol. The van der Waals surface area contributed by atoms with Gasteiger partial charge in [-0.25, -0.2) is 4.79 Å². The van der Waals surface area contributed by atoms with Crippen molar-refractivity contribution in [2.45, 2.75) is 0 Å². The van der Waals surface area contributed by atoms with Crippen LogP contribution >= 0.6 is 11.3 Å². The molecule has 0 atom stereocenters. The van der Waals surface area contributed by atoms with Crippen LogP contribution in [-0.2, 0) is 4.74 Å². The predicted molar refractivity (Wildman–Crippen MR) is 86.5 cm³/mol. The minimum absolute atomic E-state index is 0.313. The van der Waals surface area contributed by atoms with Crippen molar-refractivity contribution < 1.29 is 14.6 Å². The Morgan fingerprint density at radius 1 is 1.09 bits per heavy atom. The number of esters is 1. The van der Waals surface area contributed by atoms with Crippen molar-refractivity contribution in [3.8, 4) is 16.9 Å². The highest BCUT2D eigenvalue weighted by molar-refractivity contribution is 7.16. The Labute approximate surface area is 130 Å². The van der Waals surface area contributed by atoms with Crippen molar-refractivity contribution in [1.29, 1.82) is 0 Å². The molecule has 0 amide bonds. The van der Waals surface area contributed by atoms with Crippen LogP contribution in [0.3, 0.4) is 0 Å². The summed E-state index contributed by atoms with van der Waals surface area (Å²) in [6.07, 6.45) is 0. The molecule has 0 aliphatic heterocycles. The normalized spacial score (nSPS) is 10.6. The Hall–Kier alpha value is -2.66. The zero-order chi connectivity index (χ0) is 15.7. The van der Waals surface area contributed by atoms with Crippen molar-refractivity contribution in [2.24, 2.45) is 0 Å². The van der Waals surface area contributed by atoms with Gasteiger partial charge in [-0.15, -0.1) is 0 Å². The summed E-state index contributed by atoms with van der Waals surface area (Å²) < 4.78 is 4.66. The Bertz CT molecular complexity index is 913. The lowest BCUT2D eigenvalue weighted by Gasteiger charge is -2.07. The number of hydrogen-bond acceptors (Lipinski definition) is 5. The van der Waals surface area contributed by atoms with Gasteiger partial charge in [-0.05, 0) is 23.3 Å². The summed E-state index contributed by atoms with van der Waals surface area (Å²) >= 11 is 0.919. The van der Waals surface area contributed by atoms with Crippen LogP contribution in [-0.4, -0.2) is 18.2 Å². The molecule has 0 radical (unpaired) electrons. The molecule has 0 saturated heterocycles. The fraction of sp³-hybridized carbons (Fsp3) is 0.0588. The first-order chi connectivity index (χ1) is 10.6. The fourth-order valence-electron chi connectivity index (χ4n) is 2.28. The summed E-state index contributed by atoms with van der Waals surface area (Å²) in [5.74, 6) is -1.15. The predicted octanol–water partition coefficient (Wildman–Crippen LogP) is 3.42. The Kier molecular flexibility index (Phi) is 3.65. The van der Waals surface area contributed by atoms with Gasteiger partial charge < -0.3 is 9.84 Å². The van der Waals surface area contributed by atoms with E-state index in [1.54, 1.807) is 6.07 Å². The van der Waals surface area contributed by atoms with E-state index in [9.17, 15) is 14.7 Å². The second-order valence-corrected chi connectivity index (χ2v) is 5.70. The molecule has 1 N–H and O–H groups in total. The first kappa shape index (κ1) is 14.3. The molecular weight excluding hydrogens is 300 g/mol. The lowest BCUT2D eigenvalue weighted by atomic mass is 10.0. The summed E-state index contributed by atoms with van der Waals surface area (Å²) in [5, 5.41) is 10.7. The maximum atomic E-state index is 12.1. The molecule has 0 bridgehead atoms. The minimum atomic E-state index is -0.826. The van der Waals surface area contributed by atoms with Gasteiger partial charge in [-0.2, -0.15) is 0 Å². The maximum absolute atomic E-state index is 12.1. The minimum Gasteiger partial charge on any atom is -0.506 e. The molecule has 0 saturated carbocycles. The Morgan fingerprint density at radius 2 is 1.82 bits per heavy atom. The molecule has 5 heteroatoms. The number of hydrogen-bond donors (Lipinski definition) is 1. The van der Waals surface area contributed by atoms with Gasteiger partial charge in [0.1, 0.15) is 5.75 Å². The number of carbonyl (C=O) groups excluding carboxylic acids is 1. The van der Waals surface area contributed by atoms with Crippen LogP contribution in [0, 0.1) is 0 Å². The largest absolute Gasteiger partial charge is 0.506 e. The zero-order valence-electron chi connectivity index (χ0n) is 11.7. The van der Waals surface area contributed by atoms with Crippen LogP contribution < -0.4 is 4.74 Å². The van der Waals surface area contributed by atoms with E-state index in [1.807, 2.05) is 42.5 Å². The fourth-order valence-corrected chi connectivity index (χ4v) is 3.22. The van der Waals surface area contributed by atoms with Gasteiger partial charge in [-0.1, -0.05) is 47.7 Å². The SMILES string of the molecule is COC(=O)c1c(O)c2ccc(-c3ccccc3)cc2sc1=O. The number of ether oxygens (including phenoxy) is 1. The third kappa shape index (κ3) is 2.35. The van der Waals surface area contributed by atoms with Gasteiger partial charge in [0, 0.05) is 10.1 Å². The molecule has 0 unspecified atom stereocenters. The van der Waals surface area contributed by atoms with Crippen LogP contribution in [0.5, 0.6) is 5.75 Å². The summed E-state index contributed by atoms with van der Waals surface area (Å²) in [7, 11) is 1.18. The highest BCUT2D eigenvalue weighted by Crippen LogP contribution is 2.32. The Morgan fingerprint density at radius 3 is 2.50 bits per heavy atom. The van der Waals surface area contributed by atoms with Crippen molar-refractivity contribution in [3.63, 3.8) is 0 Å². The first-order valence-electron chi connectivity index (χ1n) is 6.55. The number of methoxy groups -OCH3 is 1. The van der Waals surface area contributed by atoms with E-state index in [2.05, 4.69) is 4.74 Å². The van der Waals surface area contributed by atoms with Crippen molar-refractivity contribution in [3.05, 3.63) is 63.6 Å². The highest BCUT2D eigenvalue weighted by Gasteiger charge is 2.20. The zero-order valence-corrected chi connectivity index (χ0v) is 12.5. The van der Waals surface area contributed by atoms with E-state index in [0.717, 1.165) is 22.5 Å². The van der Waals surface area contributed by atoms with Crippen molar-refractivity contribution >= 4 is 27.4 Å². The van der Waals surface area contributed by atoms with Gasteiger partial charge in [0.25, 0.3) is 4.74 Å². The average Bonchev–Trinajstić information content (AvgIpc) is 2.55. The lowest BCUT2D eigenvalue weighted by Crippen LogP contribution is -2.13. The molecule has 3 aromatic rings. The quantitative estimate of drug-likeness (QED) is 0.736. The number of aromatic hydroxyl groups is 1. The van der Waals surface area contributed by atoms with Gasteiger partial charge in [0.15, 0.2) is 5.56 Å². The number of carbonyl (C=O) groups is 1. The second-order valence-electron chi connectivity index (χ2n) is 4.68. The molecule has 22 heavy (non-hydrogen) atoms. The van der Waals surface area contributed by atoms with Crippen molar-refractivity contribution in [1.82, 2.24) is 0 Å². The molecule has 0 spiro atoms. The average molecular weight is 312 g/mol. The standard InChI is InChI=1S/C17H12O4S/c1-21-16(19)14-15(18)12-8-7-11(9-13(12)22-17(14)20)10-5-3-2-4-6-10/h2-9,18H,1H3. The molecular formula is C17H12O4S. The van der Waals surface area contributed by atoms with E-state index < -0.39 is 10.7 Å². The second kappa shape index (κ2) is 5.61. The van der Waals surface area contributed by atoms with E-state index in [4.69, 9.17) is 0 Å². The van der Waals surface area contributed by atoms with E-state index >= 15 is 0 Å². The number of fused-ring (bicyclic) bond motifs is 1. The molecule has 4 nitrogen and oxygen atoms in total. The van der Waals surface area contributed by atoms with Gasteiger partial charge in [0.05, 0.1) is 7.11 Å². The van der Waals surface area contributed by atoms with E-state index in [0.29, 0.717) is 10.1 Å². The Balaban J connectivity index is 2.24. The van der Waals surface area contributed by atoms with Gasteiger partial charge in [-0.3, -0.25) is 4.79 Å².